The van der Waals surface area contributed by atoms with Crippen molar-refractivity contribution in [2.45, 2.75) is 0 Å². The Morgan fingerprint density at radius 3 is 2.47 bits per heavy atom. The maximum absolute atomic E-state index is 10.2. The van der Waals surface area contributed by atoms with Gasteiger partial charge >= 0.3 is 0 Å². The number of benzene rings is 2. The van der Waals surface area contributed by atoms with E-state index < -0.39 is 0 Å². The Morgan fingerprint density at radius 2 is 1.73 bits per heavy atom. The van der Waals surface area contributed by atoms with Crippen LogP contribution in [0.15, 0.2) is 42.5 Å². The molecule has 3 heteroatoms. The van der Waals surface area contributed by atoms with Gasteiger partial charge in [-0.3, -0.25) is 4.79 Å². The Hall–Kier alpha value is -1.87. The molecule has 2 aromatic carbocycles. The molecular formula is C12H13NO2. The molecule has 0 atom stereocenters. The normalized spacial score (nSPS) is 8.93. The minimum atomic E-state index is 0.446. The first-order valence-corrected chi connectivity index (χ1v) is 4.57. The van der Waals surface area contributed by atoms with E-state index in [1.807, 2.05) is 36.4 Å². The molecule has 0 saturated heterocycles. The molecule has 0 heterocycles. The third kappa shape index (κ3) is 2.54. The van der Waals surface area contributed by atoms with E-state index in [2.05, 4.69) is 5.73 Å². The van der Waals surface area contributed by atoms with Crippen LogP contribution < -0.4 is 10.5 Å². The van der Waals surface area contributed by atoms with Gasteiger partial charge in [-0.25, -0.2) is 0 Å². The SMILES string of the molecule is CN.O=COc1cccc2ccccc12. The predicted molar refractivity (Wildman–Crippen MR) is 60.8 cm³/mol. The second kappa shape index (κ2) is 5.78. The Labute approximate surface area is 88.5 Å². The Bertz CT molecular complexity index is 435. The summed E-state index contributed by atoms with van der Waals surface area (Å²) in [5.41, 5.74) is 4.50. The van der Waals surface area contributed by atoms with Crippen LogP contribution in [0.5, 0.6) is 5.75 Å². The third-order valence-corrected chi connectivity index (χ3v) is 1.92. The van der Waals surface area contributed by atoms with Crippen molar-refractivity contribution in [1.82, 2.24) is 0 Å². The summed E-state index contributed by atoms with van der Waals surface area (Å²) in [5.74, 6) is 0.605. The number of carbonyl (C=O) groups is 1. The molecular weight excluding hydrogens is 190 g/mol. The lowest BCUT2D eigenvalue weighted by molar-refractivity contribution is -0.120. The fraction of sp³-hybridized carbons (Fsp3) is 0.0833. The zero-order valence-corrected chi connectivity index (χ0v) is 8.51. The lowest BCUT2D eigenvalue weighted by Gasteiger charge is -2.02. The number of fused-ring (bicyclic) bond motifs is 1. The Morgan fingerprint density at radius 1 is 1.07 bits per heavy atom. The highest BCUT2D eigenvalue weighted by atomic mass is 16.5. The van der Waals surface area contributed by atoms with E-state index >= 15 is 0 Å². The second-order valence-corrected chi connectivity index (χ2v) is 2.69. The van der Waals surface area contributed by atoms with Gasteiger partial charge in [0.15, 0.2) is 0 Å². The first-order valence-electron chi connectivity index (χ1n) is 4.57. The molecule has 15 heavy (non-hydrogen) atoms. The second-order valence-electron chi connectivity index (χ2n) is 2.69. The van der Waals surface area contributed by atoms with E-state index in [9.17, 15) is 4.79 Å². The molecule has 0 aromatic heterocycles. The van der Waals surface area contributed by atoms with Crippen LogP contribution >= 0.6 is 0 Å². The van der Waals surface area contributed by atoms with Crippen molar-refractivity contribution in [2.24, 2.45) is 5.73 Å². The molecule has 0 radical (unpaired) electrons. The molecule has 3 nitrogen and oxygen atoms in total. The zero-order chi connectivity index (χ0) is 11.1. The van der Waals surface area contributed by atoms with Gasteiger partial charge in [0.2, 0.25) is 0 Å². The van der Waals surface area contributed by atoms with E-state index in [0.29, 0.717) is 12.2 Å². The first-order chi connectivity index (χ1) is 7.42. The van der Waals surface area contributed by atoms with Crippen LogP contribution in [0.4, 0.5) is 0 Å². The molecule has 0 aliphatic heterocycles. The molecule has 0 aliphatic carbocycles. The minimum absolute atomic E-state index is 0.446. The van der Waals surface area contributed by atoms with Gasteiger partial charge < -0.3 is 10.5 Å². The van der Waals surface area contributed by atoms with Gasteiger partial charge in [0, 0.05) is 5.39 Å². The first kappa shape index (κ1) is 11.2. The number of hydrogen-bond donors (Lipinski definition) is 1. The van der Waals surface area contributed by atoms with Crippen LogP contribution in [0.3, 0.4) is 0 Å². The monoisotopic (exact) mass is 203 g/mol. The lowest BCUT2D eigenvalue weighted by atomic mass is 10.1. The highest BCUT2D eigenvalue weighted by molar-refractivity contribution is 5.88. The molecule has 78 valence electrons. The van der Waals surface area contributed by atoms with E-state index in [1.54, 1.807) is 6.07 Å². The fourth-order valence-electron chi connectivity index (χ4n) is 1.35. The molecule has 0 fully saturated rings. The molecule has 0 amide bonds. The number of hydrogen-bond acceptors (Lipinski definition) is 3. The molecule has 0 unspecified atom stereocenters. The molecule has 2 rings (SSSR count). The molecule has 2 aromatic rings. The number of ether oxygens (including phenoxy) is 1. The van der Waals surface area contributed by atoms with Crippen LogP contribution in [0, 0.1) is 0 Å². The Kier molecular flexibility index (Phi) is 4.31. The van der Waals surface area contributed by atoms with E-state index in [4.69, 9.17) is 4.74 Å². The van der Waals surface area contributed by atoms with E-state index in [1.165, 1.54) is 7.05 Å². The van der Waals surface area contributed by atoms with E-state index in [0.717, 1.165) is 10.8 Å². The smallest absolute Gasteiger partial charge is 0.298 e. The summed E-state index contributed by atoms with van der Waals surface area (Å²) in [6.45, 7) is 0.446. The summed E-state index contributed by atoms with van der Waals surface area (Å²) in [6, 6.07) is 13.4. The standard InChI is InChI=1S/C11H8O2.CH5N/c12-8-13-11-7-3-5-9-4-1-2-6-10(9)11;1-2/h1-8H;2H2,1H3. The van der Waals surface area contributed by atoms with Crippen molar-refractivity contribution in [2.75, 3.05) is 7.05 Å². The number of rotatable bonds is 2. The Balaban J connectivity index is 0.000000531. The predicted octanol–water partition coefficient (Wildman–Crippen LogP) is 1.95. The van der Waals surface area contributed by atoms with Gasteiger partial charge in [-0.2, -0.15) is 0 Å². The van der Waals surface area contributed by atoms with Crippen molar-refractivity contribution in [3.8, 4) is 5.75 Å². The van der Waals surface area contributed by atoms with Crippen LogP contribution in [-0.4, -0.2) is 13.5 Å². The van der Waals surface area contributed by atoms with Gasteiger partial charge in [0.25, 0.3) is 6.47 Å². The maximum Gasteiger partial charge on any atom is 0.298 e. The molecule has 0 spiro atoms. The number of nitrogens with two attached hydrogens (primary N) is 1. The maximum atomic E-state index is 10.2. The van der Waals surface area contributed by atoms with Gasteiger partial charge in [-0.1, -0.05) is 36.4 Å². The molecule has 0 saturated carbocycles. The quantitative estimate of drug-likeness (QED) is 0.759. The summed E-state index contributed by atoms with van der Waals surface area (Å²) in [7, 11) is 1.50. The van der Waals surface area contributed by atoms with E-state index in [-0.39, 0.29) is 0 Å². The third-order valence-electron chi connectivity index (χ3n) is 1.92. The topological polar surface area (TPSA) is 52.3 Å². The highest BCUT2D eigenvalue weighted by Crippen LogP contribution is 2.24. The van der Waals surface area contributed by atoms with Crippen molar-refractivity contribution < 1.29 is 9.53 Å². The summed E-state index contributed by atoms with van der Waals surface area (Å²) in [6.07, 6.45) is 0. The van der Waals surface area contributed by atoms with Gasteiger partial charge in [-0.05, 0) is 18.5 Å². The lowest BCUT2D eigenvalue weighted by Crippen LogP contribution is -1.88. The van der Waals surface area contributed by atoms with Crippen molar-refractivity contribution >= 4 is 17.2 Å². The van der Waals surface area contributed by atoms with Crippen LogP contribution in [-0.2, 0) is 4.79 Å². The molecule has 0 bridgehead atoms. The fourth-order valence-corrected chi connectivity index (χ4v) is 1.35. The van der Waals surface area contributed by atoms with Crippen LogP contribution in [0.25, 0.3) is 10.8 Å². The average molecular weight is 203 g/mol. The summed E-state index contributed by atoms with van der Waals surface area (Å²) >= 11 is 0. The highest BCUT2D eigenvalue weighted by Gasteiger charge is 1.98. The van der Waals surface area contributed by atoms with Crippen molar-refractivity contribution in [1.29, 1.82) is 0 Å². The molecule has 2 N–H and O–H groups in total. The molecule has 0 aliphatic rings. The van der Waals surface area contributed by atoms with Crippen LogP contribution in [0.2, 0.25) is 0 Å². The van der Waals surface area contributed by atoms with Crippen molar-refractivity contribution in [3.63, 3.8) is 0 Å². The summed E-state index contributed by atoms with van der Waals surface area (Å²) in [4.78, 5) is 10.2. The van der Waals surface area contributed by atoms with Gasteiger partial charge in [-0.15, -0.1) is 0 Å². The minimum Gasteiger partial charge on any atom is -0.428 e. The number of carbonyl (C=O) groups excluding carboxylic acids is 1. The van der Waals surface area contributed by atoms with Gasteiger partial charge in [0.05, 0.1) is 0 Å². The summed E-state index contributed by atoms with van der Waals surface area (Å²) in [5, 5.41) is 2.03. The zero-order valence-electron chi connectivity index (χ0n) is 8.51. The summed E-state index contributed by atoms with van der Waals surface area (Å²) < 4.78 is 4.84. The average Bonchev–Trinajstić information content (AvgIpc) is 2.33. The van der Waals surface area contributed by atoms with Crippen LogP contribution in [0.1, 0.15) is 0 Å². The van der Waals surface area contributed by atoms with Gasteiger partial charge in [0.1, 0.15) is 5.75 Å². The van der Waals surface area contributed by atoms with Crippen molar-refractivity contribution in [3.05, 3.63) is 42.5 Å². The largest absolute Gasteiger partial charge is 0.428 e.